The number of para-hydroxylation sites is 3. The average molecular weight is 445 g/mol. The molecule has 0 radical (unpaired) electrons. The number of hydrogen-bond donors (Lipinski definition) is 1. The molecule has 1 unspecified atom stereocenters. The number of carbonyl (C=O) groups is 1. The standard InChI is InChI=1S/C22H25FN4O3S/c1-14(2)27-21(15(3)30-18-11-7-5-9-16(18)23)25-26-22(27)31-13-20(28)24-17-10-6-8-12-19(17)29-4/h5-12,14-15H,13H2,1-4H3,(H,24,28). The Morgan fingerprint density at radius 1 is 1.10 bits per heavy atom. The third-order valence-electron chi connectivity index (χ3n) is 4.42. The van der Waals surface area contributed by atoms with Crippen molar-refractivity contribution in [2.45, 2.75) is 38.1 Å². The first kappa shape index (κ1) is 22.6. The fourth-order valence-corrected chi connectivity index (χ4v) is 3.87. The molecule has 0 saturated carbocycles. The summed E-state index contributed by atoms with van der Waals surface area (Å²) < 4.78 is 26.9. The molecule has 1 atom stereocenters. The Morgan fingerprint density at radius 3 is 2.45 bits per heavy atom. The summed E-state index contributed by atoms with van der Waals surface area (Å²) in [6.07, 6.45) is -0.524. The van der Waals surface area contributed by atoms with Gasteiger partial charge < -0.3 is 19.4 Å². The quantitative estimate of drug-likeness (QED) is 0.474. The molecule has 2 aromatic carbocycles. The maximum absolute atomic E-state index is 13.9. The second-order valence-corrected chi connectivity index (χ2v) is 7.97. The zero-order valence-corrected chi connectivity index (χ0v) is 18.6. The third-order valence-corrected chi connectivity index (χ3v) is 5.37. The summed E-state index contributed by atoms with van der Waals surface area (Å²) in [4.78, 5) is 12.4. The van der Waals surface area contributed by atoms with E-state index in [0.717, 1.165) is 0 Å². The molecular weight excluding hydrogens is 419 g/mol. The maximum Gasteiger partial charge on any atom is 0.234 e. The molecule has 1 aromatic heterocycles. The van der Waals surface area contributed by atoms with Crippen LogP contribution in [0.1, 0.15) is 38.7 Å². The van der Waals surface area contributed by atoms with Gasteiger partial charge in [-0.2, -0.15) is 0 Å². The highest BCUT2D eigenvalue weighted by Gasteiger charge is 2.23. The van der Waals surface area contributed by atoms with Gasteiger partial charge in [0.15, 0.2) is 28.7 Å². The predicted octanol–water partition coefficient (Wildman–Crippen LogP) is 4.88. The predicted molar refractivity (Wildman–Crippen MR) is 118 cm³/mol. The summed E-state index contributed by atoms with van der Waals surface area (Å²) in [5, 5.41) is 11.9. The molecule has 0 fully saturated rings. The highest BCUT2D eigenvalue weighted by molar-refractivity contribution is 7.99. The maximum atomic E-state index is 13.9. The first-order valence-electron chi connectivity index (χ1n) is 9.82. The molecule has 3 rings (SSSR count). The van der Waals surface area contributed by atoms with Crippen molar-refractivity contribution in [3.8, 4) is 11.5 Å². The first-order valence-corrected chi connectivity index (χ1v) is 10.8. The first-order chi connectivity index (χ1) is 14.9. The molecule has 9 heteroatoms. The fraction of sp³-hybridized carbons (Fsp3) is 0.318. The van der Waals surface area contributed by atoms with E-state index in [2.05, 4.69) is 15.5 Å². The lowest BCUT2D eigenvalue weighted by Gasteiger charge is -2.19. The van der Waals surface area contributed by atoms with E-state index in [4.69, 9.17) is 9.47 Å². The molecule has 0 bridgehead atoms. The van der Waals surface area contributed by atoms with Gasteiger partial charge in [0.25, 0.3) is 0 Å². The van der Waals surface area contributed by atoms with Crippen LogP contribution in [0, 0.1) is 5.82 Å². The summed E-state index contributed by atoms with van der Waals surface area (Å²) in [7, 11) is 1.55. The van der Waals surface area contributed by atoms with Crippen molar-refractivity contribution in [2.24, 2.45) is 0 Å². The van der Waals surface area contributed by atoms with E-state index < -0.39 is 11.9 Å². The van der Waals surface area contributed by atoms with Crippen LogP contribution in [0.25, 0.3) is 0 Å². The van der Waals surface area contributed by atoms with Gasteiger partial charge in [-0.1, -0.05) is 36.0 Å². The number of aromatic nitrogens is 3. The molecule has 1 N–H and O–H groups in total. The number of benzene rings is 2. The van der Waals surface area contributed by atoms with Crippen LogP contribution in [0.5, 0.6) is 11.5 Å². The van der Waals surface area contributed by atoms with Gasteiger partial charge in [0, 0.05) is 6.04 Å². The number of halogens is 1. The summed E-state index contributed by atoms with van der Waals surface area (Å²) in [5.74, 6) is 0.820. The summed E-state index contributed by atoms with van der Waals surface area (Å²) >= 11 is 1.27. The Balaban J connectivity index is 1.70. The Labute approximate surface area is 185 Å². The molecule has 0 aliphatic rings. The van der Waals surface area contributed by atoms with Crippen molar-refractivity contribution in [3.05, 3.63) is 60.2 Å². The number of nitrogens with zero attached hydrogens (tertiary/aromatic N) is 3. The highest BCUT2D eigenvalue weighted by Crippen LogP contribution is 2.29. The van der Waals surface area contributed by atoms with Gasteiger partial charge in [0.05, 0.1) is 18.6 Å². The van der Waals surface area contributed by atoms with Crippen molar-refractivity contribution in [1.82, 2.24) is 14.8 Å². The number of amides is 1. The Kier molecular flexibility index (Phi) is 7.51. The van der Waals surface area contributed by atoms with Gasteiger partial charge >= 0.3 is 0 Å². The van der Waals surface area contributed by atoms with E-state index in [-0.39, 0.29) is 23.5 Å². The van der Waals surface area contributed by atoms with Crippen molar-refractivity contribution in [2.75, 3.05) is 18.2 Å². The van der Waals surface area contributed by atoms with Gasteiger partial charge in [0.2, 0.25) is 5.91 Å². The molecule has 0 saturated heterocycles. The minimum absolute atomic E-state index is 0.0245. The second kappa shape index (κ2) is 10.3. The van der Waals surface area contributed by atoms with Gasteiger partial charge in [0.1, 0.15) is 5.75 Å². The SMILES string of the molecule is COc1ccccc1NC(=O)CSc1nnc(C(C)Oc2ccccc2F)n1C(C)C. The van der Waals surface area contributed by atoms with E-state index in [1.165, 1.54) is 17.8 Å². The number of rotatable bonds is 9. The van der Waals surface area contributed by atoms with Crippen LogP contribution in [0.4, 0.5) is 10.1 Å². The normalized spacial score (nSPS) is 11.9. The molecule has 1 heterocycles. The van der Waals surface area contributed by atoms with Crippen LogP contribution in [0.3, 0.4) is 0 Å². The van der Waals surface area contributed by atoms with Crippen LogP contribution in [-0.4, -0.2) is 33.5 Å². The minimum atomic E-state index is -0.524. The van der Waals surface area contributed by atoms with Gasteiger partial charge in [-0.15, -0.1) is 10.2 Å². The van der Waals surface area contributed by atoms with Crippen molar-refractivity contribution in [1.29, 1.82) is 0 Å². The molecule has 0 aliphatic heterocycles. The number of methoxy groups -OCH3 is 1. The Hall–Kier alpha value is -3.07. The van der Waals surface area contributed by atoms with E-state index >= 15 is 0 Å². The zero-order valence-electron chi connectivity index (χ0n) is 17.8. The summed E-state index contributed by atoms with van der Waals surface area (Å²) in [6.45, 7) is 5.77. The molecule has 1 amide bonds. The van der Waals surface area contributed by atoms with Crippen molar-refractivity contribution < 1.29 is 18.7 Å². The lowest BCUT2D eigenvalue weighted by Crippen LogP contribution is -2.17. The van der Waals surface area contributed by atoms with Crippen LogP contribution in [-0.2, 0) is 4.79 Å². The van der Waals surface area contributed by atoms with E-state index in [1.54, 1.807) is 44.4 Å². The molecule has 7 nitrogen and oxygen atoms in total. The van der Waals surface area contributed by atoms with E-state index in [0.29, 0.717) is 22.4 Å². The second-order valence-electron chi connectivity index (χ2n) is 7.03. The number of nitrogens with one attached hydrogen (secondary N) is 1. The molecule has 31 heavy (non-hydrogen) atoms. The van der Waals surface area contributed by atoms with Crippen LogP contribution in [0.15, 0.2) is 53.7 Å². The van der Waals surface area contributed by atoms with Gasteiger partial charge in [-0.05, 0) is 45.0 Å². The molecule has 0 spiro atoms. The molecule has 0 aliphatic carbocycles. The summed E-state index contributed by atoms with van der Waals surface area (Å²) in [6, 6.07) is 13.5. The zero-order chi connectivity index (χ0) is 22.4. The smallest absolute Gasteiger partial charge is 0.234 e. The van der Waals surface area contributed by atoms with Crippen LogP contribution < -0.4 is 14.8 Å². The van der Waals surface area contributed by atoms with E-state index in [1.807, 2.05) is 30.5 Å². The third kappa shape index (κ3) is 5.55. The van der Waals surface area contributed by atoms with Crippen LogP contribution >= 0.6 is 11.8 Å². The lowest BCUT2D eigenvalue weighted by atomic mass is 10.3. The number of carbonyl (C=O) groups excluding carboxylic acids is 1. The summed E-state index contributed by atoms with van der Waals surface area (Å²) in [5.41, 5.74) is 0.605. The molecular formula is C22H25FN4O3S. The van der Waals surface area contributed by atoms with Crippen LogP contribution in [0.2, 0.25) is 0 Å². The Morgan fingerprint density at radius 2 is 1.77 bits per heavy atom. The van der Waals surface area contributed by atoms with Crippen molar-refractivity contribution >= 4 is 23.4 Å². The largest absolute Gasteiger partial charge is 0.495 e. The topological polar surface area (TPSA) is 78.3 Å². The monoisotopic (exact) mass is 444 g/mol. The van der Waals surface area contributed by atoms with Gasteiger partial charge in [-0.25, -0.2) is 4.39 Å². The van der Waals surface area contributed by atoms with Gasteiger partial charge in [-0.3, -0.25) is 4.79 Å². The average Bonchev–Trinajstić information content (AvgIpc) is 3.19. The Bertz CT molecular complexity index is 1040. The number of thioether (sulfide) groups is 1. The number of ether oxygens (including phenoxy) is 2. The highest BCUT2D eigenvalue weighted by atomic mass is 32.2. The number of hydrogen-bond acceptors (Lipinski definition) is 6. The van der Waals surface area contributed by atoms with Crippen molar-refractivity contribution in [3.63, 3.8) is 0 Å². The minimum Gasteiger partial charge on any atom is -0.495 e. The lowest BCUT2D eigenvalue weighted by molar-refractivity contribution is -0.113. The fourth-order valence-electron chi connectivity index (χ4n) is 3.00. The number of anilines is 1. The molecule has 3 aromatic rings. The molecule has 164 valence electrons. The van der Waals surface area contributed by atoms with E-state index in [9.17, 15) is 9.18 Å².